The fourth-order valence-corrected chi connectivity index (χ4v) is 4.16. The molecule has 2 aromatic rings. The van der Waals surface area contributed by atoms with E-state index in [-0.39, 0.29) is 30.4 Å². The highest BCUT2D eigenvalue weighted by Crippen LogP contribution is 2.31. The lowest BCUT2D eigenvalue weighted by Crippen LogP contribution is -2.30. The average molecular weight is 561 g/mol. The van der Waals surface area contributed by atoms with Crippen LogP contribution in [0.2, 0.25) is 0 Å². The Morgan fingerprint density at radius 1 is 0.650 bits per heavy atom. The van der Waals surface area contributed by atoms with Crippen molar-refractivity contribution in [2.45, 2.75) is 32.3 Å². The van der Waals surface area contributed by atoms with Gasteiger partial charge < -0.3 is 38.3 Å². The van der Waals surface area contributed by atoms with Gasteiger partial charge >= 0.3 is 11.9 Å². The SMILES string of the molecule is COCCOCCOc1ccc(OC(=O)C2CCC(C(=O)Oc3ccc(COCCOCCO)cc3)CC2)cc1. The Labute approximate surface area is 235 Å². The van der Waals surface area contributed by atoms with Gasteiger partial charge in [0.25, 0.3) is 0 Å². The van der Waals surface area contributed by atoms with Crippen molar-refractivity contribution in [3.8, 4) is 17.2 Å². The van der Waals surface area contributed by atoms with E-state index in [0.29, 0.717) is 95.8 Å². The molecule has 0 amide bonds. The molecule has 0 aliphatic heterocycles. The zero-order chi connectivity index (χ0) is 28.4. The van der Waals surface area contributed by atoms with Gasteiger partial charge in [-0.2, -0.15) is 0 Å². The van der Waals surface area contributed by atoms with Gasteiger partial charge in [-0.1, -0.05) is 12.1 Å². The van der Waals surface area contributed by atoms with Crippen LogP contribution in [0.5, 0.6) is 17.2 Å². The zero-order valence-electron chi connectivity index (χ0n) is 23.1. The molecule has 0 atom stereocenters. The highest BCUT2D eigenvalue weighted by atomic mass is 16.6. The van der Waals surface area contributed by atoms with Crippen molar-refractivity contribution in [2.24, 2.45) is 11.8 Å². The number of hydrogen-bond donors (Lipinski definition) is 1. The number of benzene rings is 2. The second kappa shape index (κ2) is 18.4. The van der Waals surface area contributed by atoms with Gasteiger partial charge in [-0.15, -0.1) is 0 Å². The number of methoxy groups -OCH3 is 1. The van der Waals surface area contributed by atoms with Crippen LogP contribution in [0.15, 0.2) is 48.5 Å². The van der Waals surface area contributed by atoms with Crippen molar-refractivity contribution in [1.82, 2.24) is 0 Å². The molecule has 0 aromatic heterocycles. The first-order valence-electron chi connectivity index (χ1n) is 13.7. The summed E-state index contributed by atoms with van der Waals surface area (Å²) in [7, 11) is 1.62. The van der Waals surface area contributed by atoms with Crippen LogP contribution in [0.1, 0.15) is 31.2 Å². The minimum Gasteiger partial charge on any atom is -0.491 e. The van der Waals surface area contributed by atoms with Gasteiger partial charge in [0, 0.05) is 7.11 Å². The van der Waals surface area contributed by atoms with E-state index >= 15 is 0 Å². The van der Waals surface area contributed by atoms with Crippen LogP contribution in [0.25, 0.3) is 0 Å². The van der Waals surface area contributed by atoms with Crippen LogP contribution >= 0.6 is 0 Å². The summed E-state index contributed by atoms with van der Waals surface area (Å²) in [5, 5.41) is 8.67. The quantitative estimate of drug-likeness (QED) is 0.165. The molecule has 10 nitrogen and oxygen atoms in total. The number of esters is 2. The molecule has 0 bridgehead atoms. The number of hydrogen-bond acceptors (Lipinski definition) is 10. The predicted octanol–water partition coefficient (Wildman–Crippen LogP) is 3.57. The molecule has 0 unspecified atom stereocenters. The number of aliphatic hydroxyl groups excluding tert-OH is 1. The minimum atomic E-state index is -0.287. The van der Waals surface area contributed by atoms with Crippen molar-refractivity contribution >= 4 is 11.9 Å². The maximum Gasteiger partial charge on any atom is 0.314 e. The number of rotatable bonds is 18. The van der Waals surface area contributed by atoms with Crippen LogP contribution in [0.3, 0.4) is 0 Å². The molecule has 1 fully saturated rings. The third-order valence-corrected chi connectivity index (χ3v) is 6.38. The summed E-state index contributed by atoms with van der Waals surface area (Å²) in [4.78, 5) is 25.3. The molecule has 1 N–H and O–H groups in total. The standard InChI is InChI=1S/C30H40O10/c1-34-16-17-36-20-21-38-26-10-12-28(13-11-26)40-30(33)25-6-4-24(5-7-25)29(32)39-27-8-2-23(3-9-27)22-37-19-18-35-15-14-31/h2-3,8-13,24-25,31H,4-7,14-22H2,1H3. The van der Waals surface area contributed by atoms with Gasteiger partial charge in [0.05, 0.1) is 64.7 Å². The second-order valence-electron chi connectivity index (χ2n) is 9.35. The van der Waals surface area contributed by atoms with Gasteiger partial charge in [-0.05, 0) is 67.6 Å². The van der Waals surface area contributed by atoms with E-state index in [9.17, 15) is 9.59 Å². The number of ether oxygens (including phenoxy) is 7. The summed E-state index contributed by atoms with van der Waals surface area (Å²) in [6.07, 6.45) is 2.28. The van der Waals surface area contributed by atoms with Crippen molar-refractivity contribution < 1.29 is 47.9 Å². The molecular weight excluding hydrogens is 520 g/mol. The van der Waals surface area contributed by atoms with Gasteiger partial charge in [0.1, 0.15) is 23.9 Å². The first kappa shape index (κ1) is 31.5. The normalized spacial score (nSPS) is 16.9. The molecule has 220 valence electrons. The predicted molar refractivity (Wildman–Crippen MR) is 145 cm³/mol. The van der Waals surface area contributed by atoms with Crippen molar-refractivity contribution in [3.05, 3.63) is 54.1 Å². The third-order valence-electron chi connectivity index (χ3n) is 6.38. The lowest BCUT2D eigenvalue weighted by molar-refractivity contribution is -0.145. The van der Waals surface area contributed by atoms with E-state index in [1.165, 1.54) is 0 Å². The molecule has 40 heavy (non-hydrogen) atoms. The third kappa shape index (κ3) is 11.6. The highest BCUT2D eigenvalue weighted by Gasteiger charge is 2.32. The maximum atomic E-state index is 12.7. The van der Waals surface area contributed by atoms with E-state index in [1.54, 1.807) is 43.5 Å². The van der Waals surface area contributed by atoms with Crippen LogP contribution in [-0.2, 0) is 35.1 Å². The topological polar surface area (TPSA) is 119 Å². The molecule has 1 aliphatic rings. The summed E-state index contributed by atoms with van der Waals surface area (Å²) in [5.74, 6) is 0.532. The summed E-state index contributed by atoms with van der Waals surface area (Å²) in [6.45, 7) is 3.51. The van der Waals surface area contributed by atoms with Gasteiger partial charge in [0.15, 0.2) is 0 Å². The Bertz CT molecular complexity index is 903. The zero-order valence-corrected chi connectivity index (χ0v) is 23.1. The van der Waals surface area contributed by atoms with Gasteiger partial charge in [-0.3, -0.25) is 9.59 Å². The molecule has 10 heteroatoms. The van der Waals surface area contributed by atoms with Crippen molar-refractivity contribution in [2.75, 3.05) is 60.0 Å². The molecule has 1 aliphatic carbocycles. The monoisotopic (exact) mass is 560 g/mol. The Balaban J connectivity index is 1.32. The summed E-state index contributed by atoms with van der Waals surface area (Å²) >= 11 is 0. The Morgan fingerprint density at radius 2 is 1.12 bits per heavy atom. The van der Waals surface area contributed by atoms with Crippen molar-refractivity contribution in [1.29, 1.82) is 0 Å². The Morgan fingerprint density at radius 3 is 1.70 bits per heavy atom. The average Bonchev–Trinajstić information content (AvgIpc) is 2.98. The summed E-state index contributed by atoms with van der Waals surface area (Å²) < 4.78 is 37.7. The molecule has 0 radical (unpaired) electrons. The molecule has 1 saturated carbocycles. The van der Waals surface area contributed by atoms with Crippen LogP contribution < -0.4 is 14.2 Å². The minimum absolute atomic E-state index is 0.00593. The fourth-order valence-electron chi connectivity index (χ4n) is 4.16. The lowest BCUT2D eigenvalue weighted by atomic mass is 9.82. The number of carbonyl (C=O) groups is 2. The smallest absolute Gasteiger partial charge is 0.314 e. The fraction of sp³-hybridized carbons (Fsp3) is 0.533. The molecule has 2 aromatic carbocycles. The Kier molecular flexibility index (Phi) is 14.5. The second-order valence-corrected chi connectivity index (χ2v) is 9.35. The van der Waals surface area contributed by atoms with Crippen molar-refractivity contribution in [3.63, 3.8) is 0 Å². The maximum absolute atomic E-state index is 12.7. The number of carbonyl (C=O) groups excluding carboxylic acids is 2. The first-order valence-corrected chi connectivity index (χ1v) is 13.7. The largest absolute Gasteiger partial charge is 0.491 e. The lowest BCUT2D eigenvalue weighted by Gasteiger charge is -2.25. The molecule has 0 heterocycles. The Hall–Kier alpha value is -3.02. The highest BCUT2D eigenvalue weighted by molar-refractivity contribution is 5.77. The van der Waals surface area contributed by atoms with E-state index < -0.39 is 0 Å². The molecule has 0 saturated heterocycles. The molecular formula is C30H40O10. The van der Waals surface area contributed by atoms with Gasteiger partial charge in [0.2, 0.25) is 0 Å². The summed E-state index contributed by atoms with van der Waals surface area (Å²) in [5.41, 5.74) is 0.950. The number of aliphatic hydroxyl groups is 1. The van der Waals surface area contributed by atoms with Gasteiger partial charge in [-0.25, -0.2) is 0 Å². The van der Waals surface area contributed by atoms with Crippen LogP contribution in [0, 0.1) is 11.8 Å². The molecule has 3 rings (SSSR count). The first-order chi connectivity index (χ1) is 19.6. The van der Waals surface area contributed by atoms with E-state index in [4.69, 9.17) is 38.3 Å². The van der Waals surface area contributed by atoms with Crippen LogP contribution in [0.4, 0.5) is 0 Å². The van der Waals surface area contributed by atoms with E-state index in [2.05, 4.69) is 0 Å². The van der Waals surface area contributed by atoms with E-state index in [1.807, 2.05) is 12.1 Å². The van der Waals surface area contributed by atoms with E-state index in [0.717, 1.165) is 5.56 Å². The van der Waals surface area contributed by atoms with Crippen LogP contribution in [-0.4, -0.2) is 77.0 Å². The molecule has 0 spiro atoms. The summed E-state index contributed by atoms with van der Waals surface area (Å²) in [6, 6.07) is 14.1.